The van der Waals surface area contributed by atoms with E-state index in [2.05, 4.69) is 15.3 Å². The molecule has 5 nitrogen and oxygen atoms in total. The van der Waals surface area contributed by atoms with Gasteiger partial charge < -0.3 is 10.1 Å². The first-order chi connectivity index (χ1) is 11.2. The molecule has 0 spiro atoms. The van der Waals surface area contributed by atoms with Crippen LogP contribution in [0.5, 0.6) is 11.6 Å². The molecule has 0 unspecified atom stereocenters. The summed E-state index contributed by atoms with van der Waals surface area (Å²) in [4.78, 5) is 20.1. The van der Waals surface area contributed by atoms with Gasteiger partial charge in [-0.2, -0.15) is 0 Å². The van der Waals surface area contributed by atoms with Gasteiger partial charge in [-0.15, -0.1) is 0 Å². The summed E-state index contributed by atoms with van der Waals surface area (Å²) >= 11 is 6.19. The van der Waals surface area contributed by atoms with Crippen molar-refractivity contribution < 1.29 is 9.53 Å². The second-order valence-corrected chi connectivity index (χ2v) is 4.99. The van der Waals surface area contributed by atoms with Crippen molar-refractivity contribution in [3.8, 4) is 11.6 Å². The molecule has 0 fully saturated rings. The molecule has 0 bridgehead atoms. The van der Waals surface area contributed by atoms with Gasteiger partial charge in [0.1, 0.15) is 11.4 Å². The molecule has 2 heterocycles. The van der Waals surface area contributed by atoms with Crippen molar-refractivity contribution in [1.82, 2.24) is 9.97 Å². The Kier molecular flexibility index (Phi) is 4.49. The zero-order valence-corrected chi connectivity index (χ0v) is 12.7. The third-order valence-electron chi connectivity index (χ3n) is 2.94. The largest absolute Gasteiger partial charge is 0.437 e. The molecule has 0 saturated heterocycles. The normalized spacial score (nSPS) is 10.1. The highest BCUT2D eigenvalue weighted by Crippen LogP contribution is 2.30. The molecule has 0 radical (unpaired) electrons. The second kappa shape index (κ2) is 6.89. The van der Waals surface area contributed by atoms with Gasteiger partial charge in [-0.3, -0.25) is 9.78 Å². The molecule has 23 heavy (non-hydrogen) atoms. The molecule has 0 saturated carbocycles. The first-order valence-electron chi connectivity index (χ1n) is 6.83. The van der Waals surface area contributed by atoms with Crippen molar-refractivity contribution in [2.24, 2.45) is 0 Å². The average molecular weight is 326 g/mol. The highest BCUT2D eigenvalue weighted by Gasteiger charge is 2.09. The molecule has 0 atom stereocenters. The average Bonchev–Trinajstić information content (AvgIpc) is 2.59. The lowest BCUT2D eigenvalue weighted by Crippen LogP contribution is -2.13. The number of amides is 1. The molecule has 0 aliphatic carbocycles. The van der Waals surface area contributed by atoms with Crippen molar-refractivity contribution >= 4 is 23.2 Å². The van der Waals surface area contributed by atoms with E-state index >= 15 is 0 Å². The maximum absolute atomic E-state index is 12.0. The lowest BCUT2D eigenvalue weighted by molar-refractivity contribution is 0.102. The molecule has 3 rings (SSSR count). The van der Waals surface area contributed by atoms with Crippen molar-refractivity contribution in [2.45, 2.75) is 0 Å². The van der Waals surface area contributed by atoms with Crippen LogP contribution in [0.3, 0.4) is 0 Å². The van der Waals surface area contributed by atoms with Gasteiger partial charge in [0.25, 0.3) is 5.91 Å². The number of hydrogen-bond acceptors (Lipinski definition) is 4. The van der Waals surface area contributed by atoms with Gasteiger partial charge in [0, 0.05) is 24.1 Å². The summed E-state index contributed by atoms with van der Waals surface area (Å²) < 4.78 is 5.59. The number of nitrogens with one attached hydrogen (secondary N) is 1. The molecule has 0 aliphatic rings. The molecule has 1 amide bonds. The number of rotatable bonds is 4. The quantitative estimate of drug-likeness (QED) is 0.781. The minimum Gasteiger partial charge on any atom is -0.437 e. The highest BCUT2D eigenvalue weighted by atomic mass is 35.5. The van der Waals surface area contributed by atoms with Crippen LogP contribution in [0.1, 0.15) is 10.5 Å². The fraction of sp³-hybridized carbons (Fsp3) is 0. The lowest BCUT2D eigenvalue weighted by atomic mass is 10.2. The number of aromatic nitrogens is 2. The Bertz CT molecular complexity index is 811. The molecule has 1 aromatic carbocycles. The number of anilines is 1. The van der Waals surface area contributed by atoms with Crippen LogP contribution in [0.25, 0.3) is 0 Å². The fourth-order valence-corrected chi connectivity index (χ4v) is 2.09. The van der Waals surface area contributed by atoms with Crippen LogP contribution in [0.4, 0.5) is 5.69 Å². The Morgan fingerprint density at radius 3 is 2.43 bits per heavy atom. The van der Waals surface area contributed by atoms with Gasteiger partial charge in [0.15, 0.2) is 0 Å². The van der Waals surface area contributed by atoms with E-state index in [0.717, 1.165) is 0 Å². The van der Waals surface area contributed by atoms with Crippen LogP contribution in [-0.2, 0) is 0 Å². The minimum atomic E-state index is -0.305. The maximum atomic E-state index is 12.0. The molecule has 1 N–H and O–H groups in total. The van der Waals surface area contributed by atoms with Gasteiger partial charge in [-0.05, 0) is 36.4 Å². The standard InChI is InChI=1S/C17H12ClN3O2/c18-13-11-12(21-17(22)14-5-1-3-9-19-14)7-8-15(13)23-16-6-2-4-10-20-16/h1-11H,(H,21,22). The van der Waals surface area contributed by atoms with E-state index in [9.17, 15) is 4.79 Å². The minimum absolute atomic E-state index is 0.305. The van der Waals surface area contributed by atoms with Crippen LogP contribution >= 0.6 is 11.6 Å². The molecule has 0 aliphatic heterocycles. The van der Waals surface area contributed by atoms with Crippen LogP contribution in [0, 0.1) is 0 Å². The van der Waals surface area contributed by atoms with E-state index < -0.39 is 0 Å². The smallest absolute Gasteiger partial charge is 0.274 e. The van der Waals surface area contributed by atoms with Gasteiger partial charge in [0.2, 0.25) is 5.88 Å². The summed E-state index contributed by atoms with van der Waals surface area (Å²) in [6.07, 6.45) is 3.19. The zero-order valence-electron chi connectivity index (χ0n) is 11.9. The van der Waals surface area contributed by atoms with E-state index in [1.54, 1.807) is 60.9 Å². The Labute approximate surface area is 137 Å². The fourth-order valence-electron chi connectivity index (χ4n) is 1.87. The van der Waals surface area contributed by atoms with E-state index in [1.165, 1.54) is 0 Å². The van der Waals surface area contributed by atoms with Gasteiger partial charge in [0.05, 0.1) is 5.02 Å². The topological polar surface area (TPSA) is 64.1 Å². The van der Waals surface area contributed by atoms with E-state index in [1.807, 2.05) is 6.07 Å². The summed E-state index contributed by atoms with van der Waals surface area (Å²) in [5, 5.41) is 3.10. The molecule has 3 aromatic rings. The van der Waals surface area contributed by atoms with E-state index in [0.29, 0.717) is 28.0 Å². The summed E-state index contributed by atoms with van der Waals surface area (Å²) in [6, 6.07) is 15.5. The summed E-state index contributed by atoms with van der Waals surface area (Å²) in [5.41, 5.74) is 0.886. The number of ether oxygens (including phenoxy) is 1. The number of hydrogen-bond donors (Lipinski definition) is 1. The summed E-state index contributed by atoms with van der Waals surface area (Å²) in [6.45, 7) is 0. The predicted molar refractivity (Wildman–Crippen MR) is 88.0 cm³/mol. The molecular formula is C17H12ClN3O2. The molecule has 2 aromatic heterocycles. The first kappa shape index (κ1) is 15.0. The number of halogens is 1. The number of benzene rings is 1. The van der Waals surface area contributed by atoms with Crippen molar-refractivity contribution in [2.75, 3.05) is 5.32 Å². The Morgan fingerprint density at radius 1 is 1.00 bits per heavy atom. The lowest BCUT2D eigenvalue weighted by Gasteiger charge is -2.09. The Balaban J connectivity index is 1.73. The van der Waals surface area contributed by atoms with Crippen molar-refractivity contribution in [1.29, 1.82) is 0 Å². The van der Waals surface area contributed by atoms with Gasteiger partial charge >= 0.3 is 0 Å². The number of pyridine rings is 2. The highest BCUT2D eigenvalue weighted by molar-refractivity contribution is 6.32. The van der Waals surface area contributed by atoms with Crippen LogP contribution in [0.2, 0.25) is 5.02 Å². The third kappa shape index (κ3) is 3.84. The number of nitrogens with zero attached hydrogens (tertiary/aromatic N) is 2. The van der Waals surface area contributed by atoms with E-state index in [4.69, 9.17) is 16.3 Å². The summed E-state index contributed by atoms with van der Waals surface area (Å²) in [5.74, 6) is 0.598. The van der Waals surface area contributed by atoms with Crippen molar-refractivity contribution in [3.63, 3.8) is 0 Å². The number of carbonyl (C=O) groups excluding carboxylic acids is 1. The molecule has 6 heteroatoms. The number of carbonyl (C=O) groups is 1. The summed E-state index contributed by atoms with van der Waals surface area (Å²) in [7, 11) is 0. The Hall–Kier alpha value is -2.92. The van der Waals surface area contributed by atoms with Crippen LogP contribution in [-0.4, -0.2) is 15.9 Å². The monoisotopic (exact) mass is 325 g/mol. The third-order valence-corrected chi connectivity index (χ3v) is 3.23. The second-order valence-electron chi connectivity index (χ2n) is 4.58. The van der Waals surface area contributed by atoms with Crippen LogP contribution < -0.4 is 10.1 Å². The predicted octanol–water partition coefficient (Wildman–Crippen LogP) is 4.17. The van der Waals surface area contributed by atoms with Crippen LogP contribution in [0.15, 0.2) is 67.0 Å². The van der Waals surface area contributed by atoms with Gasteiger partial charge in [-0.25, -0.2) is 4.98 Å². The molecular weight excluding hydrogens is 314 g/mol. The van der Waals surface area contributed by atoms with E-state index in [-0.39, 0.29) is 5.91 Å². The van der Waals surface area contributed by atoms with Crippen molar-refractivity contribution in [3.05, 3.63) is 77.7 Å². The SMILES string of the molecule is O=C(Nc1ccc(Oc2ccccn2)c(Cl)c1)c1ccccn1. The first-order valence-corrected chi connectivity index (χ1v) is 7.21. The molecule has 114 valence electrons. The zero-order chi connectivity index (χ0) is 16.1. The maximum Gasteiger partial charge on any atom is 0.274 e. The Morgan fingerprint density at radius 2 is 1.78 bits per heavy atom. The van der Waals surface area contributed by atoms with Gasteiger partial charge in [-0.1, -0.05) is 23.7 Å².